The van der Waals surface area contributed by atoms with Gasteiger partial charge in [-0.25, -0.2) is 13.6 Å². The molecule has 0 amide bonds. The van der Waals surface area contributed by atoms with E-state index < -0.39 is 17.3 Å². The molecule has 1 N–H and O–H groups in total. The number of thioether (sulfide) groups is 1. The number of allylic oxidation sites excluding steroid dienone is 3. The number of hydrogen-bond donors (Lipinski definition) is 1. The lowest BCUT2D eigenvalue weighted by Crippen LogP contribution is -2.32. The second-order valence-corrected chi connectivity index (χ2v) is 11.8. The number of amidine groups is 1. The second kappa shape index (κ2) is 11.6. The van der Waals surface area contributed by atoms with Crippen molar-refractivity contribution in [2.45, 2.75) is 90.1 Å². The third kappa shape index (κ3) is 5.83. The first-order chi connectivity index (χ1) is 16.8. The fourth-order valence-electron chi connectivity index (χ4n) is 5.24. The van der Waals surface area contributed by atoms with Crippen LogP contribution in [0.3, 0.4) is 0 Å². The number of nitrogens with zero attached hydrogens (tertiary/aromatic N) is 2. The molecule has 2 unspecified atom stereocenters. The topological polar surface area (TPSA) is 52.9 Å². The molecular formula is C28H37FN2O2S2. The normalized spacial score (nSPS) is 21.3. The van der Waals surface area contributed by atoms with E-state index in [-0.39, 0.29) is 5.75 Å². The molecule has 190 valence electrons. The summed E-state index contributed by atoms with van der Waals surface area (Å²) in [5, 5.41) is 1.13. The summed E-state index contributed by atoms with van der Waals surface area (Å²) in [6.07, 6.45) is 7.82. The Bertz CT molecular complexity index is 1140. The first-order valence-electron chi connectivity index (χ1n) is 12.8. The number of aliphatic imine (C=N–C) groups is 1. The number of hydrogen-bond acceptors (Lipinski definition) is 4. The van der Waals surface area contributed by atoms with Gasteiger partial charge in [0, 0.05) is 17.6 Å². The summed E-state index contributed by atoms with van der Waals surface area (Å²) in [5.41, 5.74) is 8.51. The summed E-state index contributed by atoms with van der Waals surface area (Å²) < 4.78 is 35.5. The molecule has 1 aromatic rings. The van der Waals surface area contributed by atoms with Crippen LogP contribution in [0.2, 0.25) is 0 Å². The van der Waals surface area contributed by atoms with E-state index in [4.69, 9.17) is 4.99 Å². The van der Waals surface area contributed by atoms with Crippen molar-refractivity contribution >= 4 is 28.7 Å². The molecule has 35 heavy (non-hydrogen) atoms. The monoisotopic (exact) mass is 516 g/mol. The average molecular weight is 517 g/mol. The van der Waals surface area contributed by atoms with Gasteiger partial charge in [0.05, 0.1) is 10.8 Å². The fourth-order valence-corrected chi connectivity index (χ4v) is 6.91. The summed E-state index contributed by atoms with van der Waals surface area (Å²) in [5.74, 6) is 1.20. The average Bonchev–Trinajstić information content (AvgIpc) is 3.03. The van der Waals surface area contributed by atoms with E-state index in [1.54, 1.807) is 11.8 Å². The van der Waals surface area contributed by atoms with Gasteiger partial charge in [-0.3, -0.25) is 0 Å². The van der Waals surface area contributed by atoms with Crippen molar-refractivity contribution in [1.82, 2.24) is 4.90 Å². The largest absolute Gasteiger partial charge is 0.320 e. The summed E-state index contributed by atoms with van der Waals surface area (Å²) in [6, 6.07) is 4.28. The van der Waals surface area contributed by atoms with Gasteiger partial charge in [-0.2, -0.15) is 0 Å². The van der Waals surface area contributed by atoms with E-state index in [0.717, 1.165) is 65.4 Å². The molecular weight excluding hydrogens is 479 g/mol. The van der Waals surface area contributed by atoms with Crippen LogP contribution in [0.1, 0.15) is 89.1 Å². The van der Waals surface area contributed by atoms with Crippen LogP contribution in [0, 0.1) is 0 Å². The number of alkyl halides is 1. The Balaban J connectivity index is 1.77. The first kappa shape index (κ1) is 26.4. The minimum absolute atomic E-state index is 0.234. The molecule has 2 aliphatic heterocycles. The Labute approximate surface area is 216 Å². The molecule has 1 aromatic carbocycles. The SMILES string of the molecule is CCC1=CN=C2C(=C(C)C1)CCC(C)=C(Sc1cc3c(cc1CC)CCC3F)N2CCCS(=O)O. The number of benzene rings is 1. The Hall–Kier alpha value is -1.70. The highest BCUT2D eigenvalue weighted by atomic mass is 32.2. The number of halogens is 1. The molecule has 1 aliphatic carbocycles. The van der Waals surface area contributed by atoms with E-state index in [0.29, 0.717) is 19.4 Å². The summed E-state index contributed by atoms with van der Waals surface area (Å²) >= 11 is -0.105. The van der Waals surface area contributed by atoms with Crippen LogP contribution in [0.4, 0.5) is 4.39 Å². The third-order valence-electron chi connectivity index (χ3n) is 7.33. The van der Waals surface area contributed by atoms with Crippen LogP contribution >= 0.6 is 11.8 Å². The zero-order valence-electron chi connectivity index (χ0n) is 21.3. The fraction of sp³-hybridized carbons (Fsp3) is 0.536. The van der Waals surface area contributed by atoms with Gasteiger partial charge in [0.2, 0.25) is 0 Å². The minimum atomic E-state index is -1.82. The molecule has 2 heterocycles. The molecule has 7 heteroatoms. The lowest BCUT2D eigenvalue weighted by Gasteiger charge is -2.29. The van der Waals surface area contributed by atoms with Crippen LogP contribution in [0.5, 0.6) is 0 Å². The number of aryl methyl sites for hydroxylation is 2. The number of rotatable bonds is 8. The quantitative estimate of drug-likeness (QED) is 0.361. The van der Waals surface area contributed by atoms with Gasteiger partial charge >= 0.3 is 0 Å². The summed E-state index contributed by atoms with van der Waals surface area (Å²) in [4.78, 5) is 8.39. The Morgan fingerprint density at radius 2 is 1.97 bits per heavy atom. The highest BCUT2D eigenvalue weighted by Crippen LogP contribution is 2.44. The van der Waals surface area contributed by atoms with E-state index in [1.807, 2.05) is 6.20 Å². The van der Waals surface area contributed by atoms with Crippen LogP contribution in [-0.2, 0) is 23.9 Å². The summed E-state index contributed by atoms with van der Waals surface area (Å²) in [7, 11) is 0. The molecule has 0 spiro atoms. The molecule has 0 saturated carbocycles. The van der Waals surface area contributed by atoms with Crippen LogP contribution in [0.15, 0.2) is 55.5 Å². The van der Waals surface area contributed by atoms with Crippen molar-refractivity contribution in [2.75, 3.05) is 12.3 Å². The standard InChI is InChI=1S/C28H37FN2O2S2/c1-5-20-14-19(4)23-10-8-18(3)28(31(27(23)30-17-20)12-7-13-35(32)33)34-26-16-24-22(9-11-25(24)29)15-21(26)6-2/h15-17,25H,5-14H2,1-4H3,(H,32,33). The Morgan fingerprint density at radius 3 is 2.69 bits per heavy atom. The van der Waals surface area contributed by atoms with Crippen molar-refractivity contribution in [3.05, 3.63) is 62.3 Å². The van der Waals surface area contributed by atoms with Crippen LogP contribution in [-0.4, -0.2) is 31.8 Å². The molecule has 3 aliphatic rings. The predicted molar refractivity (Wildman–Crippen MR) is 146 cm³/mol. The second-order valence-electron chi connectivity index (χ2n) is 9.77. The predicted octanol–water partition coefficient (Wildman–Crippen LogP) is 7.65. The molecule has 2 atom stereocenters. The minimum Gasteiger partial charge on any atom is -0.320 e. The Morgan fingerprint density at radius 1 is 1.17 bits per heavy atom. The zero-order chi connectivity index (χ0) is 25.1. The maximum atomic E-state index is 14.6. The first-order valence-corrected chi connectivity index (χ1v) is 14.9. The van der Waals surface area contributed by atoms with Gasteiger partial charge in [-0.1, -0.05) is 37.2 Å². The lowest BCUT2D eigenvalue weighted by atomic mass is 9.97. The summed E-state index contributed by atoms with van der Waals surface area (Å²) in [6.45, 7) is 9.35. The van der Waals surface area contributed by atoms with E-state index in [1.165, 1.54) is 27.9 Å². The molecule has 4 rings (SSSR count). The lowest BCUT2D eigenvalue weighted by molar-refractivity contribution is 0.343. The van der Waals surface area contributed by atoms with Crippen LogP contribution < -0.4 is 0 Å². The van der Waals surface area contributed by atoms with Gasteiger partial charge in [0.1, 0.15) is 12.0 Å². The molecule has 0 bridgehead atoms. The molecule has 0 aromatic heterocycles. The molecule has 0 radical (unpaired) electrons. The zero-order valence-corrected chi connectivity index (χ0v) is 23.0. The number of fused-ring (bicyclic) bond motifs is 2. The van der Waals surface area contributed by atoms with Gasteiger partial charge in [0.25, 0.3) is 0 Å². The van der Waals surface area contributed by atoms with Gasteiger partial charge in [-0.05, 0) is 105 Å². The van der Waals surface area contributed by atoms with Crippen molar-refractivity contribution in [3.8, 4) is 0 Å². The van der Waals surface area contributed by atoms with Crippen LogP contribution in [0.25, 0.3) is 0 Å². The van der Waals surface area contributed by atoms with Crippen molar-refractivity contribution in [2.24, 2.45) is 4.99 Å². The van der Waals surface area contributed by atoms with Crippen molar-refractivity contribution in [1.29, 1.82) is 0 Å². The van der Waals surface area contributed by atoms with E-state index in [9.17, 15) is 13.2 Å². The third-order valence-corrected chi connectivity index (χ3v) is 9.33. The maximum Gasteiger partial charge on any atom is 0.152 e. The van der Waals surface area contributed by atoms with E-state index >= 15 is 0 Å². The maximum absolute atomic E-state index is 14.6. The highest BCUT2D eigenvalue weighted by molar-refractivity contribution is 8.03. The van der Waals surface area contributed by atoms with Gasteiger partial charge < -0.3 is 9.45 Å². The van der Waals surface area contributed by atoms with Gasteiger partial charge in [0.15, 0.2) is 11.1 Å². The smallest absolute Gasteiger partial charge is 0.152 e. The highest BCUT2D eigenvalue weighted by Gasteiger charge is 2.30. The van der Waals surface area contributed by atoms with Crippen molar-refractivity contribution in [3.63, 3.8) is 0 Å². The molecule has 4 nitrogen and oxygen atoms in total. The Kier molecular flexibility index (Phi) is 8.71. The van der Waals surface area contributed by atoms with E-state index in [2.05, 4.69) is 44.7 Å². The van der Waals surface area contributed by atoms with Gasteiger partial charge in [-0.15, -0.1) is 0 Å². The molecule has 0 fully saturated rings. The molecule has 0 saturated heterocycles. The van der Waals surface area contributed by atoms with Crippen molar-refractivity contribution < 1.29 is 13.2 Å².